The largest absolute Gasteiger partial charge is 0.330 e. The van der Waals surface area contributed by atoms with Gasteiger partial charge >= 0.3 is 0 Å². The van der Waals surface area contributed by atoms with E-state index < -0.39 is 0 Å². The molecule has 0 heterocycles. The van der Waals surface area contributed by atoms with Gasteiger partial charge in [0.15, 0.2) is 0 Å². The van der Waals surface area contributed by atoms with Crippen molar-refractivity contribution < 1.29 is 0 Å². The molecule has 0 aromatic carbocycles. The summed E-state index contributed by atoms with van der Waals surface area (Å²) >= 11 is 0. The SMILES string of the molecule is C.C1=CC2=C(C=C([C@@]34CCC=C3C4)CC2)CC1.C=C/C=C(/C)CCCN.N=C(CCN)C1CCCC(C2C=CC(C3=CCCC=C3)=CC2)C1. The van der Waals surface area contributed by atoms with Crippen LogP contribution < -0.4 is 11.5 Å². The molecule has 2 fully saturated rings. The Hall–Kier alpha value is -3.01. The molecular formula is C46H67N3. The number of rotatable bonds is 10. The highest BCUT2D eigenvalue weighted by Gasteiger charge is 2.53. The van der Waals surface area contributed by atoms with Gasteiger partial charge in [-0.2, -0.15) is 0 Å². The van der Waals surface area contributed by atoms with Gasteiger partial charge in [0.25, 0.3) is 0 Å². The van der Waals surface area contributed by atoms with Crippen molar-refractivity contribution >= 4 is 5.71 Å². The molecule has 266 valence electrons. The summed E-state index contributed by atoms with van der Waals surface area (Å²) in [5.41, 5.74) is 23.4. The Balaban J connectivity index is 0.000000181. The van der Waals surface area contributed by atoms with Gasteiger partial charge in [-0.25, -0.2) is 0 Å². The smallest absolute Gasteiger partial charge is 0.0164 e. The molecule has 7 aliphatic carbocycles. The molecule has 0 saturated heterocycles. The summed E-state index contributed by atoms with van der Waals surface area (Å²) < 4.78 is 0. The van der Waals surface area contributed by atoms with E-state index in [1.165, 1.54) is 107 Å². The molecular weight excluding hydrogens is 595 g/mol. The van der Waals surface area contributed by atoms with Gasteiger partial charge in [0.2, 0.25) is 0 Å². The summed E-state index contributed by atoms with van der Waals surface area (Å²) in [5.74, 6) is 1.90. The van der Waals surface area contributed by atoms with Crippen LogP contribution in [0.25, 0.3) is 0 Å². The first kappa shape index (κ1) is 38.8. The molecule has 3 heteroatoms. The second-order valence-corrected chi connectivity index (χ2v) is 15.1. The lowest BCUT2D eigenvalue weighted by Gasteiger charge is -2.34. The van der Waals surface area contributed by atoms with Crippen molar-refractivity contribution in [2.45, 2.75) is 124 Å². The van der Waals surface area contributed by atoms with Crippen molar-refractivity contribution in [2.24, 2.45) is 34.6 Å². The molecule has 0 aliphatic heterocycles. The number of nitrogens with one attached hydrogen (secondary N) is 1. The predicted octanol–water partition coefficient (Wildman–Crippen LogP) is 11.9. The quantitative estimate of drug-likeness (QED) is 0.124. The molecule has 49 heavy (non-hydrogen) atoms. The van der Waals surface area contributed by atoms with Gasteiger partial charge in [-0.15, -0.1) is 0 Å². The normalized spacial score (nSPS) is 28.1. The molecule has 3 nitrogen and oxygen atoms in total. The third-order valence-electron chi connectivity index (χ3n) is 11.7. The fourth-order valence-electron chi connectivity index (χ4n) is 8.83. The van der Waals surface area contributed by atoms with Gasteiger partial charge in [0, 0.05) is 11.1 Å². The number of hydrogen-bond donors (Lipinski definition) is 3. The first-order valence-electron chi connectivity index (χ1n) is 19.3. The van der Waals surface area contributed by atoms with Crippen LogP contribution in [0.1, 0.15) is 124 Å². The highest BCUT2D eigenvalue weighted by molar-refractivity contribution is 5.84. The third-order valence-corrected chi connectivity index (χ3v) is 11.7. The average Bonchev–Trinajstić information content (AvgIpc) is 3.70. The highest BCUT2D eigenvalue weighted by Crippen LogP contribution is 2.66. The second-order valence-electron chi connectivity index (χ2n) is 15.1. The van der Waals surface area contributed by atoms with Crippen molar-refractivity contribution in [3.05, 3.63) is 119 Å². The summed E-state index contributed by atoms with van der Waals surface area (Å²) in [6.07, 6.45) is 48.5. The van der Waals surface area contributed by atoms with Crippen LogP contribution in [0.5, 0.6) is 0 Å². The van der Waals surface area contributed by atoms with E-state index in [1.807, 2.05) is 12.2 Å². The summed E-state index contributed by atoms with van der Waals surface area (Å²) in [6.45, 7) is 7.10. The Labute approximate surface area is 300 Å². The molecule has 0 amide bonds. The number of allylic oxidation sites excluding steroid dienone is 19. The molecule has 7 rings (SSSR count). The summed E-state index contributed by atoms with van der Waals surface area (Å²) in [5, 5.41) is 8.23. The van der Waals surface area contributed by atoms with Crippen molar-refractivity contribution in [3.63, 3.8) is 0 Å². The molecule has 5 N–H and O–H groups in total. The molecule has 0 bridgehead atoms. The van der Waals surface area contributed by atoms with E-state index in [2.05, 4.69) is 74.3 Å². The monoisotopic (exact) mass is 662 g/mol. The topological polar surface area (TPSA) is 75.9 Å². The van der Waals surface area contributed by atoms with Crippen LogP contribution >= 0.6 is 0 Å². The molecule has 2 saturated carbocycles. The van der Waals surface area contributed by atoms with Crippen LogP contribution in [0.15, 0.2) is 119 Å². The minimum atomic E-state index is 0. The molecule has 7 aliphatic rings. The van der Waals surface area contributed by atoms with E-state index in [0.29, 0.717) is 23.8 Å². The van der Waals surface area contributed by atoms with Gasteiger partial charge in [0.05, 0.1) is 0 Å². The molecule has 0 aromatic heterocycles. The lowest BCUT2D eigenvalue weighted by Crippen LogP contribution is -2.27. The van der Waals surface area contributed by atoms with Crippen LogP contribution in [0, 0.1) is 28.6 Å². The van der Waals surface area contributed by atoms with Crippen LogP contribution in [0.2, 0.25) is 0 Å². The first-order valence-corrected chi connectivity index (χ1v) is 19.3. The van der Waals surface area contributed by atoms with E-state index >= 15 is 0 Å². The van der Waals surface area contributed by atoms with Crippen molar-refractivity contribution in [1.82, 2.24) is 0 Å². The predicted molar refractivity (Wildman–Crippen MR) is 215 cm³/mol. The zero-order valence-corrected chi connectivity index (χ0v) is 30.0. The molecule has 0 radical (unpaired) electrons. The van der Waals surface area contributed by atoms with Gasteiger partial charge in [-0.1, -0.05) is 110 Å². The Morgan fingerprint density at radius 2 is 1.73 bits per heavy atom. The van der Waals surface area contributed by atoms with Gasteiger partial charge < -0.3 is 16.9 Å². The standard InChI is InChI=1S/C21H30N2.C16H18.C8H15N.CH4/c22-14-13-21(23)20-8-4-7-19(15-20)18-11-9-17(10-12-18)16-5-2-1-3-6-16;1-2-5-13-10-14(8-7-12(13)4-1)16-9-3-6-15(16)11-16;1-3-5-8(2)6-4-7-9;/h2,5-6,9-11,18-20,23H,1,3-4,7-8,12-15,22H2;1,4,6,10H,2-3,5,7-9,11H2;3,5H,1,4,6-7,9H2,2H3;1H4/b;;8-5-;/t;16-;;/m.0../s1. The fourth-order valence-corrected chi connectivity index (χ4v) is 8.83. The minimum absolute atomic E-state index is 0. The number of fused-ring (bicyclic) bond motifs is 1. The zero-order valence-electron chi connectivity index (χ0n) is 30.0. The van der Waals surface area contributed by atoms with Crippen molar-refractivity contribution in [1.29, 1.82) is 5.41 Å². The van der Waals surface area contributed by atoms with Crippen LogP contribution in [-0.2, 0) is 0 Å². The van der Waals surface area contributed by atoms with E-state index in [-0.39, 0.29) is 7.43 Å². The Bertz CT molecular complexity index is 1440. The number of hydrogen-bond acceptors (Lipinski definition) is 3. The lowest BCUT2D eigenvalue weighted by atomic mass is 9.71. The molecule has 0 aromatic rings. The first-order chi connectivity index (χ1) is 23.5. The van der Waals surface area contributed by atoms with E-state index in [0.717, 1.165) is 37.4 Å². The summed E-state index contributed by atoms with van der Waals surface area (Å²) in [4.78, 5) is 0. The lowest BCUT2D eigenvalue weighted by molar-refractivity contribution is 0.255. The maximum atomic E-state index is 8.23. The van der Waals surface area contributed by atoms with Gasteiger partial charge in [0.1, 0.15) is 0 Å². The van der Waals surface area contributed by atoms with Gasteiger partial charge in [-0.3, -0.25) is 0 Å². The van der Waals surface area contributed by atoms with E-state index in [9.17, 15) is 0 Å². The molecule has 4 atom stereocenters. The third kappa shape index (κ3) is 10.5. The number of nitrogens with two attached hydrogens (primary N) is 2. The average molecular weight is 662 g/mol. The summed E-state index contributed by atoms with van der Waals surface area (Å²) in [6, 6.07) is 0. The second kappa shape index (κ2) is 19.4. The van der Waals surface area contributed by atoms with Crippen molar-refractivity contribution in [3.8, 4) is 0 Å². The molecule has 3 unspecified atom stereocenters. The van der Waals surface area contributed by atoms with E-state index in [4.69, 9.17) is 16.9 Å². The zero-order chi connectivity index (χ0) is 33.8. The van der Waals surface area contributed by atoms with Crippen LogP contribution in [-0.4, -0.2) is 18.8 Å². The maximum absolute atomic E-state index is 8.23. The Morgan fingerprint density at radius 1 is 0.898 bits per heavy atom. The maximum Gasteiger partial charge on any atom is 0.0164 e. The molecule has 0 spiro atoms. The van der Waals surface area contributed by atoms with E-state index in [1.54, 1.807) is 22.3 Å². The fraction of sp³-hybridized carbons (Fsp3) is 0.543. The van der Waals surface area contributed by atoms with Crippen LogP contribution in [0.4, 0.5) is 0 Å². The van der Waals surface area contributed by atoms with Crippen LogP contribution in [0.3, 0.4) is 0 Å². The Morgan fingerprint density at radius 3 is 2.41 bits per heavy atom. The minimum Gasteiger partial charge on any atom is -0.330 e. The van der Waals surface area contributed by atoms with Crippen molar-refractivity contribution in [2.75, 3.05) is 13.1 Å². The summed E-state index contributed by atoms with van der Waals surface area (Å²) in [7, 11) is 0. The highest BCUT2D eigenvalue weighted by atomic mass is 14.6. The Kier molecular flexibility index (Phi) is 15.4. The van der Waals surface area contributed by atoms with Gasteiger partial charge in [-0.05, 0) is 163 Å².